The van der Waals surface area contributed by atoms with Crippen LogP contribution in [0, 0.1) is 5.92 Å². The summed E-state index contributed by atoms with van der Waals surface area (Å²) in [4.78, 5) is 15.9. The van der Waals surface area contributed by atoms with Crippen molar-refractivity contribution in [2.24, 2.45) is 5.92 Å². The van der Waals surface area contributed by atoms with Crippen molar-refractivity contribution in [2.75, 3.05) is 25.5 Å². The number of methoxy groups -OCH3 is 1. The molecular weight excluding hydrogens is 266 g/mol. The second-order valence-electron chi connectivity index (χ2n) is 5.24. The highest BCUT2D eigenvalue weighted by Gasteiger charge is 2.28. The summed E-state index contributed by atoms with van der Waals surface area (Å²) in [7, 11) is 1.66. The van der Waals surface area contributed by atoms with Crippen LogP contribution in [0.2, 0.25) is 0 Å². The summed E-state index contributed by atoms with van der Waals surface area (Å²) < 4.78 is 5.23. The Morgan fingerprint density at radius 1 is 1.33 bits per heavy atom. The highest BCUT2D eigenvalue weighted by molar-refractivity contribution is 5.92. The predicted octanol–water partition coefficient (Wildman–Crippen LogP) is 2.18. The third-order valence-electron chi connectivity index (χ3n) is 3.64. The molecule has 0 atom stereocenters. The fraction of sp³-hybridized carbons (Fsp3) is 0.375. The zero-order valence-electron chi connectivity index (χ0n) is 12.1. The van der Waals surface area contributed by atoms with Crippen LogP contribution in [0.1, 0.15) is 12.8 Å². The van der Waals surface area contributed by atoms with Crippen molar-refractivity contribution in [3.63, 3.8) is 0 Å². The molecule has 1 aromatic heterocycles. The van der Waals surface area contributed by atoms with Crippen LogP contribution in [0.5, 0.6) is 5.75 Å². The summed E-state index contributed by atoms with van der Waals surface area (Å²) >= 11 is 0. The van der Waals surface area contributed by atoms with Gasteiger partial charge in [-0.15, -0.1) is 0 Å². The Kier molecular flexibility index (Phi) is 3.90. The Labute approximate surface area is 123 Å². The van der Waals surface area contributed by atoms with Gasteiger partial charge in [0.15, 0.2) is 0 Å². The molecule has 1 heterocycles. The minimum Gasteiger partial charge on any atom is -0.497 e. The first-order valence-corrected chi connectivity index (χ1v) is 7.22. The molecule has 3 rings (SSSR count). The van der Waals surface area contributed by atoms with E-state index in [1.165, 1.54) is 0 Å². The summed E-state index contributed by atoms with van der Waals surface area (Å²) in [5.74, 6) is 2.09. The maximum absolute atomic E-state index is 11.5. The van der Waals surface area contributed by atoms with Gasteiger partial charge in [-0.3, -0.25) is 4.79 Å². The first kappa shape index (κ1) is 13.7. The normalized spacial score (nSPS) is 14.0. The number of fused-ring (bicyclic) bond motifs is 1. The number of amides is 1. The minimum absolute atomic E-state index is 0.174. The van der Waals surface area contributed by atoms with E-state index in [0.29, 0.717) is 13.1 Å². The van der Waals surface area contributed by atoms with Gasteiger partial charge in [0, 0.05) is 30.6 Å². The third kappa shape index (κ3) is 3.24. The average Bonchev–Trinajstić information content (AvgIpc) is 3.35. The van der Waals surface area contributed by atoms with E-state index in [4.69, 9.17) is 4.74 Å². The third-order valence-corrected chi connectivity index (χ3v) is 3.64. The lowest BCUT2D eigenvalue weighted by molar-refractivity contribution is -0.122. The second kappa shape index (κ2) is 5.99. The molecule has 2 aromatic rings. The predicted molar refractivity (Wildman–Crippen MR) is 82.5 cm³/mol. The molecule has 0 saturated heterocycles. The van der Waals surface area contributed by atoms with Gasteiger partial charge in [-0.25, -0.2) is 4.98 Å². The van der Waals surface area contributed by atoms with Gasteiger partial charge in [0.1, 0.15) is 11.6 Å². The maximum Gasteiger partial charge on any atom is 0.223 e. The lowest BCUT2D eigenvalue weighted by atomic mass is 10.1. The lowest BCUT2D eigenvalue weighted by Gasteiger charge is -2.10. The molecule has 0 unspecified atom stereocenters. The molecule has 5 nitrogen and oxygen atoms in total. The van der Waals surface area contributed by atoms with E-state index < -0.39 is 0 Å². The molecule has 110 valence electrons. The molecule has 0 spiro atoms. The van der Waals surface area contributed by atoms with Crippen molar-refractivity contribution in [3.8, 4) is 5.75 Å². The molecule has 1 aromatic carbocycles. The lowest BCUT2D eigenvalue weighted by Crippen LogP contribution is -2.29. The van der Waals surface area contributed by atoms with Gasteiger partial charge < -0.3 is 15.4 Å². The highest BCUT2D eigenvalue weighted by atomic mass is 16.5. The van der Waals surface area contributed by atoms with Crippen LogP contribution in [0.3, 0.4) is 0 Å². The maximum atomic E-state index is 11.5. The van der Waals surface area contributed by atoms with Crippen LogP contribution in [0.15, 0.2) is 30.5 Å². The SMILES string of the molecule is COc1ccc2c(NCCNC(=O)C3CC3)nccc2c1. The fourth-order valence-corrected chi connectivity index (χ4v) is 2.28. The van der Waals surface area contributed by atoms with Gasteiger partial charge in [0.2, 0.25) is 5.91 Å². The van der Waals surface area contributed by atoms with Gasteiger partial charge in [0.05, 0.1) is 7.11 Å². The van der Waals surface area contributed by atoms with Gasteiger partial charge in [-0.2, -0.15) is 0 Å². The summed E-state index contributed by atoms with van der Waals surface area (Å²) in [5, 5.41) is 8.33. The Balaban J connectivity index is 1.62. The van der Waals surface area contributed by atoms with Crippen molar-refractivity contribution in [2.45, 2.75) is 12.8 Å². The first-order chi connectivity index (χ1) is 10.3. The molecule has 0 radical (unpaired) electrons. The molecule has 2 N–H and O–H groups in total. The Bertz CT molecular complexity index is 653. The van der Waals surface area contributed by atoms with Crippen LogP contribution < -0.4 is 15.4 Å². The summed E-state index contributed by atoms with van der Waals surface area (Å²) in [6, 6.07) is 7.85. The molecule has 0 aliphatic heterocycles. The van der Waals surface area contributed by atoms with E-state index in [9.17, 15) is 4.79 Å². The number of benzene rings is 1. The highest BCUT2D eigenvalue weighted by Crippen LogP contribution is 2.28. The van der Waals surface area contributed by atoms with E-state index >= 15 is 0 Å². The van der Waals surface area contributed by atoms with E-state index in [2.05, 4.69) is 15.6 Å². The monoisotopic (exact) mass is 285 g/mol. The van der Waals surface area contributed by atoms with E-state index in [-0.39, 0.29) is 11.8 Å². The largest absolute Gasteiger partial charge is 0.497 e. The number of ether oxygens (including phenoxy) is 1. The van der Waals surface area contributed by atoms with Crippen LogP contribution >= 0.6 is 0 Å². The van der Waals surface area contributed by atoms with Gasteiger partial charge in [-0.1, -0.05) is 0 Å². The van der Waals surface area contributed by atoms with Crippen LogP contribution in [0.25, 0.3) is 10.8 Å². The molecule has 0 bridgehead atoms. The average molecular weight is 285 g/mol. The fourth-order valence-electron chi connectivity index (χ4n) is 2.28. The van der Waals surface area contributed by atoms with E-state index in [1.807, 2.05) is 24.3 Å². The van der Waals surface area contributed by atoms with Crippen molar-refractivity contribution >= 4 is 22.5 Å². The summed E-state index contributed by atoms with van der Waals surface area (Å²) in [6.45, 7) is 1.28. The van der Waals surface area contributed by atoms with Crippen molar-refractivity contribution in [1.29, 1.82) is 0 Å². The Morgan fingerprint density at radius 3 is 2.95 bits per heavy atom. The van der Waals surface area contributed by atoms with E-state index in [1.54, 1.807) is 13.3 Å². The molecule has 1 fully saturated rings. The Morgan fingerprint density at radius 2 is 2.19 bits per heavy atom. The number of nitrogens with one attached hydrogen (secondary N) is 2. The molecule has 5 heteroatoms. The van der Waals surface area contributed by atoms with Gasteiger partial charge in [0.25, 0.3) is 0 Å². The zero-order chi connectivity index (χ0) is 14.7. The molecule has 1 aliphatic carbocycles. The smallest absolute Gasteiger partial charge is 0.223 e. The summed E-state index contributed by atoms with van der Waals surface area (Å²) in [5.41, 5.74) is 0. The quantitative estimate of drug-likeness (QED) is 0.799. The van der Waals surface area contributed by atoms with Gasteiger partial charge in [-0.05, 0) is 42.5 Å². The van der Waals surface area contributed by atoms with Gasteiger partial charge >= 0.3 is 0 Å². The number of hydrogen-bond donors (Lipinski definition) is 2. The number of nitrogens with zero attached hydrogens (tertiary/aromatic N) is 1. The van der Waals surface area contributed by atoms with Crippen molar-refractivity contribution in [1.82, 2.24) is 10.3 Å². The number of carbonyl (C=O) groups is 1. The Hall–Kier alpha value is -2.30. The topological polar surface area (TPSA) is 63.2 Å². The number of aromatic nitrogens is 1. The number of carbonyl (C=O) groups excluding carboxylic acids is 1. The minimum atomic E-state index is 0.174. The number of hydrogen-bond acceptors (Lipinski definition) is 4. The van der Waals surface area contributed by atoms with E-state index in [0.717, 1.165) is 35.2 Å². The molecule has 1 saturated carbocycles. The zero-order valence-corrected chi connectivity index (χ0v) is 12.1. The first-order valence-electron chi connectivity index (χ1n) is 7.22. The standard InChI is InChI=1S/C16H19N3O2/c1-21-13-4-5-14-12(10-13)6-7-17-15(14)18-8-9-19-16(20)11-2-3-11/h4-7,10-11H,2-3,8-9H2,1H3,(H,17,18)(H,19,20). The van der Waals surface area contributed by atoms with Crippen LogP contribution in [-0.4, -0.2) is 31.1 Å². The summed E-state index contributed by atoms with van der Waals surface area (Å²) in [6.07, 6.45) is 3.84. The van der Waals surface area contributed by atoms with Crippen molar-refractivity contribution in [3.05, 3.63) is 30.5 Å². The second-order valence-corrected chi connectivity index (χ2v) is 5.24. The molecule has 21 heavy (non-hydrogen) atoms. The molecule has 1 aliphatic rings. The number of pyridine rings is 1. The van der Waals surface area contributed by atoms with Crippen LogP contribution in [-0.2, 0) is 4.79 Å². The molecule has 1 amide bonds. The number of rotatable bonds is 6. The number of anilines is 1. The van der Waals surface area contributed by atoms with Crippen LogP contribution in [0.4, 0.5) is 5.82 Å². The van der Waals surface area contributed by atoms with Crippen molar-refractivity contribution < 1.29 is 9.53 Å². The molecular formula is C16H19N3O2.